The monoisotopic (exact) mass is 497 g/mol. The molecule has 36 heavy (non-hydrogen) atoms. The minimum atomic E-state index is -0.596. The van der Waals surface area contributed by atoms with Crippen molar-refractivity contribution >= 4 is 17.5 Å². The first-order valence-electron chi connectivity index (χ1n) is 12.6. The van der Waals surface area contributed by atoms with Crippen molar-refractivity contribution in [2.45, 2.75) is 38.8 Å². The molecule has 4 rings (SSSR count). The van der Waals surface area contributed by atoms with Crippen molar-refractivity contribution < 1.29 is 23.5 Å². The van der Waals surface area contributed by atoms with Gasteiger partial charge < -0.3 is 19.7 Å². The zero-order chi connectivity index (χ0) is 25.8. The van der Waals surface area contributed by atoms with E-state index in [9.17, 15) is 14.0 Å². The number of carbonyl (C=O) groups excluding carboxylic acids is 2. The summed E-state index contributed by atoms with van der Waals surface area (Å²) in [5, 5.41) is 2.72. The van der Waals surface area contributed by atoms with Gasteiger partial charge in [0.15, 0.2) is 0 Å². The number of rotatable bonds is 5. The molecule has 1 aliphatic carbocycles. The van der Waals surface area contributed by atoms with Crippen LogP contribution in [0, 0.1) is 17.7 Å². The third-order valence-electron chi connectivity index (χ3n) is 7.14. The number of nitrogens with zero attached hydrogens (tertiary/aromatic N) is 2. The van der Waals surface area contributed by atoms with Crippen LogP contribution in [0.1, 0.15) is 47.4 Å². The highest BCUT2D eigenvalue weighted by atomic mass is 19.1. The molecule has 2 aliphatic rings. The lowest BCUT2D eigenvalue weighted by Crippen LogP contribution is -2.47. The quantitative estimate of drug-likeness (QED) is 0.667. The normalized spacial score (nSPS) is 23.8. The first kappa shape index (κ1) is 26.1. The molecule has 3 atom stereocenters. The Morgan fingerprint density at radius 2 is 1.92 bits per heavy atom. The smallest absolute Gasteiger partial charge is 0.258 e. The molecule has 194 valence electrons. The average molecular weight is 498 g/mol. The molecule has 1 N–H and O–H groups in total. The number of amides is 2. The molecule has 8 heteroatoms. The summed E-state index contributed by atoms with van der Waals surface area (Å²) in [6.45, 7) is 7.03. The van der Waals surface area contributed by atoms with E-state index in [0.29, 0.717) is 30.2 Å². The predicted octanol–water partition coefficient (Wildman–Crippen LogP) is 4.29. The number of benzene rings is 2. The number of halogens is 1. The van der Waals surface area contributed by atoms with Crippen LogP contribution in [-0.2, 0) is 4.74 Å². The Morgan fingerprint density at radius 3 is 2.61 bits per heavy atom. The van der Waals surface area contributed by atoms with Crippen LogP contribution in [0.4, 0.5) is 10.1 Å². The van der Waals surface area contributed by atoms with Gasteiger partial charge in [-0.2, -0.15) is 0 Å². The standard InChI is InChI=1S/C28H36FN3O4/c1-18-14-32(15-20-9-10-20)19(2)17-36-25-13-21(30-27(33)22-7-5-6-8-24(22)29)11-12-23(25)28(34)31(3)16-26(18)35-4/h5-8,11-13,18-20,26H,9-10,14-17H2,1-4H3,(H,30,33)/t18-,19-,26-/m0/s1. The van der Waals surface area contributed by atoms with E-state index < -0.39 is 11.7 Å². The number of carbonyl (C=O) groups is 2. The van der Waals surface area contributed by atoms with E-state index in [4.69, 9.17) is 9.47 Å². The van der Waals surface area contributed by atoms with E-state index in [0.717, 1.165) is 19.0 Å². The highest BCUT2D eigenvalue weighted by molar-refractivity contribution is 6.05. The molecule has 7 nitrogen and oxygen atoms in total. The molecule has 0 aromatic heterocycles. The van der Waals surface area contributed by atoms with Crippen LogP contribution in [0.2, 0.25) is 0 Å². The molecule has 0 bridgehead atoms. The van der Waals surface area contributed by atoms with Gasteiger partial charge in [0, 0.05) is 51.6 Å². The summed E-state index contributed by atoms with van der Waals surface area (Å²) in [4.78, 5) is 30.1. The summed E-state index contributed by atoms with van der Waals surface area (Å²) in [5.41, 5.74) is 0.784. The topological polar surface area (TPSA) is 71.1 Å². The molecule has 2 aromatic carbocycles. The lowest BCUT2D eigenvalue weighted by Gasteiger charge is -2.36. The van der Waals surface area contributed by atoms with Crippen LogP contribution in [0.3, 0.4) is 0 Å². The maximum atomic E-state index is 14.1. The van der Waals surface area contributed by atoms with Crippen LogP contribution in [0.25, 0.3) is 0 Å². The fraction of sp³-hybridized carbons (Fsp3) is 0.500. The largest absolute Gasteiger partial charge is 0.491 e. The van der Waals surface area contributed by atoms with E-state index in [2.05, 4.69) is 24.1 Å². The van der Waals surface area contributed by atoms with E-state index in [1.165, 1.54) is 31.0 Å². The third kappa shape index (κ3) is 6.23. The van der Waals surface area contributed by atoms with Crippen molar-refractivity contribution in [2.24, 2.45) is 11.8 Å². The lowest BCUT2D eigenvalue weighted by molar-refractivity contribution is 0.00994. The molecular formula is C28H36FN3O4. The average Bonchev–Trinajstić information content (AvgIpc) is 3.68. The Hall–Kier alpha value is -2.97. The van der Waals surface area contributed by atoms with Crippen molar-refractivity contribution in [2.75, 3.05) is 45.7 Å². The van der Waals surface area contributed by atoms with Gasteiger partial charge in [-0.1, -0.05) is 19.1 Å². The van der Waals surface area contributed by atoms with Gasteiger partial charge in [0.1, 0.15) is 18.2 Å². The van der Waals surface area contributed by atoms with Crippen LogP contribution >= 0.6 is 0 Å². The number of anilines is 1. The third-order valence-corrected chi connectivity index (χ3v) is 7.14. The first-order chi connectivity index (χ1) is 17.3. The second-order valence-electron chi connectivity index (χ2n) is 10.1. The van der Waals surface area contributed by atoms with Crippen LogP contribution < -0.4 is 10.1 Å². The summed E-state index contributed by atoms with van der Waals surface area (Å²) >= 11 is 0. The first-order valence-corrected chi connectivity index (χ1v) is 12.6. The molecule has 1 fully saturated rings. The number of hydrogen-bond donors (Lipinski definition) is 1. The second kappa shape index (κ2) is 11.4. The summed E-state index contributed by atoms with van der Waals surface area (Å²) < 4.78 is 26.1. The predicted molar refractivity (Wildman–Crippen MR) is 137 cm³/mol. The van der Waals surface area contributed by atoms with Gasteiger partial charge in [-0.05, 0) is 55.9 Å². The number of nitrogens with one attached hydrogen (secondary N) is 1. The maximum Gasteiger partial charge on any atom is 0.258 e. The summed E-state index contributed by atoms with van der Waals surface area (Å²) in [7, 11) is 3.46. The van der Waals surface area contributed by atoms with Crippen molar-refractivity contribution in [3.05, 3.63) is 59.4 Å². The maximum absolute atomic E-state index is 14.1. The molecule has 1 heterocycles. The van der Waals surface area contributed by atoms with Gasteiger partial charge in [0.2, 0.25) is 0 Å². The lowest BCUT2D eigenvalue weighted by atomic mass is 10.0. The molecular weight excluding hydrogens is 461 g/mol. The van der Waals surface area contributed by atoms with Crippen molar-refractivity contribution in [1.82, 2.24) is 9.80 Å². The zero-order valence-corrected chi connectivity index (χ0v) is 21.5. The molecule has 1 aliphatic heterocycles. The number of methoxy groups -OCH3 is 1. The number of hydrogen-bond acceptors (Lipinski definition) is 5. The van der Waals surface area contributed by atoms with Gasteiger partial charge in [-0.3, -0.25) is 14.5 Å². The zero-order valence-electron chi connectivity index (χ0n) is 21.5. The Morgan fingerprint density at radius 1 is 1.17 bits per heavy atom. The van der Waals surface area contributed by atoms with E-state index in [1.807, 2.05) is 0 Å². The Bertz CT molecular complexity index is 1090. The van der Waals surface area contributed by atoms with E-state index in [-0.39, 0.29) is 29.5 Å². The minimum absolute atomic E-state index is 0.0499. The highest BCUT2D eigenvalue weighted by Crippen LogP contribution is 2.32. The van der Waals surface area contributed by atoms with Gasteiger partial charge >= 0.3 is 0 Å². The van der Waals surface area contributed by atoms with E-state index >= 15 is 0 Å². The molecule has 0 saturated heterocycles. The van der Waals surface area contributed by atoms with Gasteiger partial charge in [0.05, 0.1) is 17.2 Å². The fourth-order valence-corrected chi connectivity index (χ4v) is 4.65. The number of fused-ring (bicyclic) bond motifs is 1. The van der Waals surface area contributed by atoms with E-state index in [1.54, 1.807) is 43.3 Å². The molecule has 2 aromatic rings. The molecule has 0 spiro atoms. The van der Waals surface area contributed by atoms with Crippen molar-refractivity contribution in [3.8, 4) is 5.75 Å². The Balaban J connectivity index is 1.61. The summed E-state index contributed by atoms with van der Waals surface area (Å²) in [6.07, 6.45) is 2.42. The van der Waals surface area contributed by atoms with Gasteiger partial charge in [-0.25, -0.2) is 4.39 Å². The molecule has 2 amide bonds. The summed E-state index contributed by atoms with van der Waals surface area (Å²) in [6, 6.07) is 10.9. The highest BCUT2D eigenvalue weighted by Gasteiger charge is 2.31. The Kier molecular flexibility index (Phi) is 8.26. The fourth-order valence-electron chi connectivity index (χ4n) is 4.65. The van der Waals surface area contributed by atoms with Crippen molar-refractivity contribution in [1.29, 1.82) is 0 Å². The minimum Gasteiger partial charge on any atom is -0.491 e. The summed E-state index contributed by atoms with van der Waals surface area (Å²) in [5.74, 6) is 0.00583. The van der Waals surface area contributed by atoms with Crippen molar-refractivity contribution in [3.63, 3.8) is 0 Å². The second-order valence-corrected chi connectivity index (χ2v) is 10.1. The molecule has 0 unspecified atom stereocenters. The van der Waals surface area contributed by atoms with Gasteiger partial charge in [-0.15, -0.1) is 0 Å². The molecule has 0 radical (unpaired) electrons. The number of likely N-dealkylation sites (N-methyl/N-ethyl adjacent to an activating group) is 1. The van der Waals surface area contributed by atoms with Crippen LogP contribution in [0.5, 0.6) is 5.75 Å². The molecule has 1 saturated carbocycles. The van der Waals surface area contributed by atoms with Crippen LogP contribution in [-0.4, -0.2) is 74.2 Å². The SMILES string of the molecule is CO[C@H]1CN(C)C(=O)c2ccc(NC(=O)c3ccccc3F)cc2OC[C@H](C)N(CC2CC2)C[C@@H]1C. The van der Waals surface area contributed by atoms with Crippen LogP contribution in [0.15, 0.2) is 42.5 Å². The number of ether oxygens (including phenoxy) is 2. The van der Waals surface area contributed by atoms with Gasteiger partial charge in [0.25, 0.3) is 11.8 Å². The Labute approximate surface area is 212 Å².